The van der Waals surface area contributed by atoms with Gasteiger partial charge < -0.3 is 0 Å². The number of aryl methyl sites for hydroxylation is 1. The van der Waals surface area contributed by atoms with Crippen LogP contribution in [0.15, 0.2) is 6.20 Å². The summed E-state index contributed by atoms with van der Waals surface area (Å²) in [4.78, 5) is 0. The molecular formula is C9H14N2. The van der Waals surface area contributed by atoms with E-state index in [2.05, 4.69) is 23.6 Å². The van der Waals surface area contributed by atoms with Gasteiger partial charge in [-0.15, -0.1) is 0 Å². The summed E-state index contributed by atoms with van der Waals surface area (Å²) < 4.78 is 2.15. The molecule has 0 spiro atoms. The summed E-state index contributed by atoms with van der Waals surface area (Å²) in [6.07, 6.45) is 4.54. The van der Waals surface area contributed by atoms with E-state index >= 15 is 0 Å². The highest BCUT2D eigenvalue weighted by molar-refractivity contribution is 5.23. The number of fused-ring (bicyclic) bond motifs is 1. The van der Waals surface area contributed by atoms with Crippen molar-refractivity contribution in [3.63, 3.8) is 0 Å². The van der Waals surface area contributed by atoms with Gasteiger partial charge in [-0.3, -0.25) is 4.68 Å². The van der Waals surface area contributed by atoms with Crippen LogP contribution in [-0.2, 0) is 13.0 Å². The lowest BCUT2D eigenvalue weighted by Gasteiger charge is -2.02. The number of hydrogen-bond donors (Lipinski definition) is 0. The first kappa shape index (κ1) is 6.89. The molecule has 1 aromatic rings. The highest BCUT2D eigenvalue weighted by Gasteiger charge is 2.17. The van der Waals surface area contributed by atoms with E-state index in [0.29, 0.717) is 5.92 Å². The van der Waals surface area contributed by atoms with Crippen molar-refractivity contribution < 1.29 is 0 Å². The Balaban J connectivity index is 2.42. The van der Waals surface area contributed by atoms with Gasteiger partial charge in [0.05, 0.1) is 6.20 Å². The van der Waals surface area contributed by atoms with Crippen LogP contribution in [-0.4, -0.2) is 9.78 Å². The molecule has 0 saturated heterocycles. The SMILES string of the molecule is CC(C)c1cnn2c1CCC2. The van der Waals surface area contributed by atoms with Crippen molar-refractivity contribution in [3.05, 3.63) is 17.5 Å². The van der Waals surface area contributed by atoms with E-state index < -0.39 is 0 Å². The van der Waals surface area contributed by atoms with E-state index in [9.17, 15) is 0 Å². The third-order valence-corrected chi connectivity index (χ3v) is 2.39. The Labute approximate surface area is 67.2 Å². The highest BCUT2D eigenvalue weighted by atomic mass is 15.3. The second kappa shape index (κ2) is 2.36. The Bertz CT molecular complexity index is 261. The van der Waals surface area contributed by atoms with Crippen LogP contribution in [0.1, 0.15) is 37.4 Å². The summed E-state index contributed by atoms with van der Waals surface area (Å²) in [5.41, 5.74) is 2.92. The number of aromatic nitrogens is 2. The van der Waals surface area contributed by atoms with Gasteiger partial charge in [0.1, 0.15) is 0 Å². The predicted octanol–water partition coefficient (Wildman–Crippen LogP) is 1.95. The minimum absolute atomic E-state index is 0.636. The van der Waals surface area contributed by atoms with Gasteiger partial charge >= 0.3 is 0 Å². The Hall–Kier alpha value is -0.790. The second-order valence-electron chi connectivity index (χ2n) is 3.53. The summed E-state index contributed by atoms with van der Waals surface area (Å²) in [5, 5.41) is 4.33. The minimum atomic E-state index is 0.636. The molecule has 1 aliphatic rings. The lowest BCUT2D eigenvalue weighted by molar-refractivity contribution is 0.656. The Morgan fingerprint density at radius 3 is 3.09 bits per heavy atom. The Morgan fingerprint density at radius 1 is 1.55 bits per heavy atom. The summed E-state index contributed by atoms with van der Waals surface area (Å²) in [6, 6.07) is 0. The average Bonchev–Trinajstić information content (AvgIpc) is 2.41. The zero-order valence-corrected chi connectivity index (χ0v) is 7.17. The Kier molecular flexibility index (Phi) is 1.48. The van der Waals surface area contributed by atoms with E-state index in [1.165, 1.54) is 24.1 Å². The summed E-state index contributed by atoms with van der Waals surface area (Å²) in [6.45, 7) is 5.59. The van der Waals surface area contributed by atoms with E-state index in [1.54, 1.807) is 0 Å². The van der Waals surface area contributed by atoms with Crippen LogP contribution in [0.2, 0.25) is 0 Å². The zero-order valence-electron chi connectivity index (χ0n) is 7.17. The molecule has 2 heterocycles. The molecule has 1 aromatic heterocycles. The second-order valence-corrected chi connectivity index (χ2v) is 3.53. The molecule has 0 unspecified atom stereocenters. The third kappa shape index (κ3) is 0.971. The standard InChI is InChI=1S/C9H14N2/c1-7(2)8-6-10-11-5-3-4-9(8)11/h6-7H,3-5H2,1-2H3. The van der Waals surface area contributed by atoms with Crippen LogP contribution in [0.25, 0.3) is 0 Å². The van der Waals surface area contributed by atoms with Gasteiger partial charge in [-0.25, -0.2) is 0 Å². The summed E-state index contributed by atoms with van der Waals surface area (Å²) >= 11 is 0. The molecule has 60 valence electrons. The monoisotopic (exact) mass is 150 g/mol. The van der Waals surface area contributed by atoms with Gasteiger partial charge in [0.2, 0.25) is 0 Å². The smallest absolute Gasteiger partial charge is 0.0527 e. The molecule has 0 radical (unpaired) electrons. The molecule has 0 saturated carbocycles. The average molecular weight is 150 g/mol. The molecule has 0 aromatic carbocycles. The first-order chi connectivity index (χ1) is 5.29. The van der Waals surface area contributed by atoms with Gasteiger partial charge in [0.15, 0.2) is 0 Å². The fraction of sp³-hybridized carbons (Fsp3) is 0.667. The maximum Gasteiger partial charge on any atom is 0.0527 e. The van der Waals surface area contributed by atoms with Crippen molar-refractivity contribution in [2.75, 3.05) is 0 Å². The largest absolute Gasteiger partial charge is 0.269 e. The zero-order chi connectivity index (χ0) is 7.84. The molecule has 0 amide bonds. The van der Waals surface area contributed by atoms with Crippen molar-refractivity contribution in [1.29, 1.82) is 0 Å². The Morgan fingerprint density at radius 2 is 2.36 bits per heavy atom. The van der Waals surface area contributed by atoms with E-state index in [0.717, 1.165) is 6.54 Å². The molecule has 0 fully saturated rings. The maximum atomic E-state index is 4.33. The van der Waals surface area contributed by atoms with E-state index in [-0.39, 0.29) is 0 Å². The first-order valence-electron chi connectivity index (χ1n) is 4.33. The van der Waals surface area contributed by atoms with Crippen LogP contribution in [0.4, 0.5) is 0 Å². The van der Waals surface area contributed by atoms with Crippen molar-refractivity contribution >= 4 is 0 Å². The van der Waals surface area contributed by atoms with Crippen LogP contribution in [0.3, 0.4) is 0 Å². The van der Waals surface area contributed by atoms with Crippen LogP contribution < -0.4 is 0 Å². The molecule has 2 heteroatoms. The normalized spacial score (nSPS) is 15.9. The lowest BCUT2D eigenvalue weighted by atomic mass is 10.0. The lowest BCUT2D eigenvalue weighted by Crippen LogP contribution is -1.95. The van der Waals surface area contributed by atoms with Gasteiger partial charge in [0, 0.05) is 12.2 Å². The molecule has 0 bridgehead atoms. The van der Waals surface area contributed by atoms with Crippen molar-refractivity contribution in [3.8, 4) is 0 Å². The quantitative estimate of drug-likeness (QED) is 0.598. The fourth-order valence-electron chi connectivity index (χ4n) is 1.77. The summed E-state index contributed by atoms with van der Waals surface area (Å²) in [7, 11) is 0. The van der Waals surface area contributed by atoms with Gasteiger partial charge in [-0.05, 0) is 24.3 Å². The predicted molar refractivity (Wildman–Crippen MR) is 44.6 cm³/mol. The fourth-order valence-corrected chi connectivity index (χ4v) is 1.77. The van der Waals surface area contributed by atoms with Crippen molar-refractivity contribution in [2.24, 2.45) is 0 Å². The van der Waals surface area contributed by atoms with Crippen LogP contribution in [0, 0.1) is 0 Å². The molecular weight excluding hydrogens is 136 g/mol. The topological polar surface area (TPSA) is 17.8 Å². The summed E-state index contributed by atoms with van der Waals surface area (Å²) in [5.74, 6) is 0.636. The highest BCUT2D eigenvalue weighted by Crippen LogP contribution is 2.24. The number of hydrogen-bond acceptors (Lipinski definition) is 1. The van der Waals surface area contributed by atoms with Crippen molar-refractivity contribution in [2.45, 2.75) is 39.2 Å². The number of nitrogens with zero attached hydrogens (tertiary/aromatic N) is 2. The molecule has 0 atom stereocenters. The van der Waals surface area contributed by atoms with Crippen LogP contribution >= 0.6 is 0 Å². The minimum Gasteiger partial charge on any atom is -0.269 e. The first-order valence-corrected chi connectivity index (χ1v) is 4.33. The molecule has 2 rings (SSSR count). The van der Waals surface area contributed by atoms with E-state index in [1.807, 2.05) is 6.20 Å². The number of rotatable bonds is 1. The molecule has 0 aliphatic carbocycles. The maximum absolute atomic E-state index is 4.33. The molecule has 2 nitrogen and oxygen atoms in total. The third-order valence-electron chi connectivity index (χ3n) is 2.39. The van der Waals surface area contributed by atoms with Crippen molar-refractivity contribution in [1.82, 2.24) is 9.78 Å². The van der Waals surface area contributed by atoms with Gasteiger partial charge in [0.25, 0.3) is 0 Å². The van der Waals surface area contributed by atoms with Gasteiger partial charge in [-0.2, -0.15) is 5.10 Å². The molecule has 0 N–H and O–H groups in total. The molecule has 1 aliphatic heterocycles. The van der Waals surface area contributed by atoms with E-state index in [4.69, 9.17) is 0 Å². The molecule has 11 heavy (non-hydrogen) atoms. The van der Waals surface area contributed by atoms with Crippen LogP contribution in [0.5, 0.6) is 0 Å². The van der Waals surface area contributed by atoms with Gasteiger partial charge in [-0.1, -0.05) is 13.8 Å².